The summed E-state index contributed by atoms with van der Waals surface area (Å²) in [5.74, 6) is -0.608. The van der Waals surface area contributed by atoms with Crippen molar-refractivity contribution < 1.29 is 28.4 Å². The quantitative estimate of drug-likeness (QED) is 0.280. The molecule has 0 aliphatic heterocycles. The number of rotatable bonds is 8. The number of amides is 1. The van der Waals surface area contributed by atoms with Gasteiger partial charge in [-0.3, -0.25) is 14.9 Å². The number of ether oxygens (including phenoxy) is 2. The monoisotopic (exact) mass is 458 g/mol. The molecule has 0 unspecified atom stereocenters. The Hall–Kier alpha value is -3.66. The van der Waals surface area contributed by atoms with Gasteiger partial charge >= 0.3 is 11.7 Å². The average molecular weight is 458 g/mol. The van der Waals surface area contributed by atoms with Crippen molar-refractivity contribution in [3.63, 3.8) is 0 Å². The molecule has 0 fully saturated rings. The number of hydrogen-bond donors (Lipinski definition) is 1. The molecule has 0 atom stereocenters. The van der Waals surface area contributed by atoms with Crippen LogP contribution in [0.25, 0.3) is 0 Å². The molecule has 2 heterocycles. The van der Waals surface area contributed by atoms with Crippen LogP contribution in [0.3, 0.4) is 0 Å². The van der Waals surface area contributed by atoms with E-state index in [9.17, 15) is 19.7 Å². The molecule has 2 aromatic heterocycles. The fourth-order valence-electron chi connectivity index (χ4n) is 2.95. The number of esters is 1. The Morgan fingerprint density at radius 3 is 2.62 bits per heavy atom. The lowest BCUT2D eigenvalue weighted by molar-refractivity contribution is -0.386. The second kappa shape index (κ2) is 9.65. The minimum atomic E-state index is -0.538. The molecule has 32 heavy (non-hydrogen) atoms. The predicted molar refractivity (Wildman–Crippen MR) is 119 cm³/mol. The summed E-state index contributed by atoms with van der Waals surface area (Å²) >= 11 is 1.27. The molecule has 1 aromatic carbocycles. The maximum atomic E-state index is 12.7. The fraction of sp³-hybridized carbons (Fsp3) is 0.273. The van der Waals surface area contributed by atoms with Gasteiger partial charge in [0.15, 0.2) is 11.5 Å². The van der Waals surface area contributed by atoms with Crippen molar-refractivity contribution in [1.29, 1.82) is 0 Å². The molecule has 1 N–H and O–H groups in total. The first-order chi connectivity index (χ1) is 15.2. The number of nitro groups is 1. The maximum absolute atomic E-state index is 12.7. The summed E-state index contributed by atoms with van der Waals surface area (Å²) in [6.45, 7) is 7.23. The molecular formula is C22H22N2O7S. The largest absolute Gasteiger partial charge is 0.479 e. The number of nitrogens with zero attached hydrogens (tertiary/aromatic N) is 1. The molecule has 0 bridgehead atoms. The Morgan fingerprint density at radius 2 is 1.94 bits per heavy atom. The Labute approximate surface area is 188 Å². The molecule has 0 saturated heterocycles. The molecule has 0 aliphatic rings. The third-order valence-corrected chi connectivity index (χ3v) is 5.78. The van der Waals surface area contributed by atoms with E-state index in [1.807, 2.05) is 6.92 Å². The molecule has 1 amide bonds. The van der Waals surface area contributed by atoms with Crippen molar-refractivity contribution in [2.24, 2.45) is 0 Å². The van der Waals surface area contributed by atoms with E-state index in [0.29, 0.717) is 16.3 Å². The topological polar surface area (TPSA) is 121 Å². The van der Waals surface area contributed by atoms with E-state index in [1.165, 1.54) is 29.5 Å². The van der Waals surface area contributed by atoms with Gasteiger partial charge in [-0.1, -0.05) is 6.07 Å². The summed E-state index contributed by atoms with van der Waals surface area (Å²) in [7, 11) is 0. The second-order valence-corrected chi connectivity index (χ2v) is 8.17. The highest BCUT2D eigenvalue weighted by molar-refractivity contribution is 7.16. The Bertz CT molecular complexity index is 1180. The number of carbonyl (C=O) groups excluding carboxylic acids is 2. The Morgan fingerprint density at radius 1 is 1.19 bits per heavy atom. The molecule has 168 valence electrons. The summed E-state index contributed by atoms with van der Waals surface area (Å²) in [5, 5.41) is 14.3. The van der Waals surface area contributed by atoms with Crippen molar-refractivity contribution in [3.05, 3.63) is 73.5 Å². The maximum Gasteiger partial charge on any atom is 0.341 e. The van der Waals surface area contributed by atoms with Gasteiger partial charge in [0.05, 0.1) is 17.1 Å². The van der Waals surface area contributed by atoms with Gasteiger partial charge in [0, 0.05) is 10.9 Å². The van der Waals surface area contributed by atoms with E-state index in [0.717, 1.165) is 16.0 Å². The number of carbonyl (C=O) groups is 2. The van der Waals surface area contributed by atoms with Crippen LogP contribution in [0.1, 0.15) is 49.6 Å². The minimum absolute atomic E-state index is 0.0144. The van der Waals surface area contributed by atoms with Gasteiger partial charge in [-0.05, 0) is 57.0 Å². The minimum Gasteiger partial charge on any atom is -0.479 e. The van der Waals surface area contributed by atoms with E-state index in [-0.39, 0.29) is 30.4 Å². The number of hydrogen-bond acceptors (Lipinski definition) is 8. The molecule has 0 spiro atoms. The van der Waals surface area contributed by atoms with E-state index < -0.39 is 16.8 Å². The van der Waals surface area contributed by atoms with Crippen LogP contribution >= 0.6 is 11.3 Å². The zero-order valence-electron chi connectivity index (χ0n) is 18.0. The normalized spacial score (nSPS) is 10.6. The van der Waals surface area contributed by atoms with Crippen LogP contribution in [-0.2, 0) is 11.3 Å². The van der Waals surface area contributed by atoms with Gasteiger partial charge in [0.25, 0.3) is 5.91 Å². The van der Waals surface area contributed by atoms with Crippen LogP contribution in [0, 0.1) is 30.9 Å². The SMILES string of the molecule is CCOC(=O)c1c(NC(=O)c2ccc(COc3ccc(C)cc3[N+](=O)[O-])o2)sc(C)c1C. The molecule has 0 saturated carbocycles. The van der Waals surface area contributed by atoms with Gasteiger partial charge in [0.2, 0.25) is 0 Å². The zero-order valence-corrected chi connectivity index (χ0v) is 18.8. The van der Waals surface area contributed by atoms with Crippen LogP contribution in [0.15, 0.2) is 34.7 Å². The highest BCUT2D eigenvalue weighted by atomic mass is 32.1. The summed E-state index contributed by atoms with van der Waals surface area (Å²) in [6.07, 6.45) is 0. The van der Waals surface area contributed by atoms with Gasteiger partial charge in [-0.15, -0.1) is 11.3 Å². The van der Waals surface area contributed by atoms with Crippen molar-refractivity contribution >= 4 is 33.9 Å². The smallest absolute Gasteiger partial charge is 0.341 e. The number of anilines is 1. The first kappa shape index (κ1) is 23.0. The van der Waals surface area contributed by atoms with E-state index in [1.54, 1.807) is 32.9 Å². The van der Waals surface area contributed by atoms with Crippen molar-refractivity contribution in [2.45, 2.75) is 34.3 Å². The molecule has 9 nitrogen and oxygen atoms in total. The first-order valence-electron chi connectivity index (χ1n) is 9.76. The fourth-order valence-corrected chi connectivity index (χ4v) is 3.99. The van der Waals surface area contributed by atoms with E-state index in [4.69, 9.17) is 13.9 Å². The number of nitrogens with one attached hydrogen (secondary N) is 1. The standard InChI is InChI=1S/C22H22N2O7S/c1-5-29-22(26)19-13(3)14(4)32-21(19)23-20(25)18-9-7-15(31-18)11-30-17-8-6-12(2)10-16(17)24(27)28/h6-10H,5,11H2,1-4H3,(H,23,25). The van der Waals surface area contributed by atoms with Gasteiger partial charge in [-0.2, -0.15) is 0 Å². The summed E-state index contributed by atoms with van der Waals surface area (Å²) in [5.41, 5.74) is 1.66. The summed E-state index contributed by atoms with van der Waals surface area (Å²) in [6, 6.07) is 7.65. The van der Waals surface area contributed by atoms with Gasteiger partial charge in [0.1, 0.15) is 17.4 Å². The van der Waals surface area contributed by atoms with Gasteiger partial charge < -0.3 is 19.2 Å². The molecule has 3 rings (SSSR count). The number of furan rings is 1. The number of thiophene rings is 1. The Balaban J connectivity index is 1.72. The van der Waals surface area contributed by atoms with Gasteiger partial charge in [-0.25, -0.2) is 4.79 Å². The van der Waals surface area contributed by atoms with E-state index >= 15 is 0 Å². The molecule has 3 aromatic rings. The molecule has 10 heteroatoms. The lowest BCUT2D eigenvalue weighted by Gasteiger charge is -2.07. The Kier molecular flexibility index (Phi) is 6.94. The lowest BCUT2D eigenvalue weighted by atomic mass is 10.1. The molecule has 0 aliphatic carbocycles. The van der Waals surface area contributed by atoms with Crippen molar-refractivity contribution in [1.82, 2.24) is 0 Å². The molecule has 0 radical (unpaired) electrons. The van der Waals surface area contributed by atoms with Crippen LogP contribution in [0.5, 0.6) is 5.75 Å². The predicted octanol–water partition coefficient (Wildman–Crippen LogP) is 5.18. The van der Waals surface area contributed by atoms with Crippen LogP contribution < -0.4 is 10.1 Å². The van der Waals surface area contributed by atoms with E-state index in [2.05, 4.69) is 5.32 Å². The van der Waals surface area contributed by atoms with Crippen molar-refractivity contribution in [2.75, 3.05) is 11.9 Å². The molecular weight excluding hydrogens is 436 g/mol. The third kappa shape index (κ3) is 4.97. The summed E-state index contributed by atoms with van der Waals surface area (Å²) in [4.78, 5) is 36.5. The van der Waals surface area contributed by atoms with Crippen LogP contribution in [0.2, 0.25) is 0 Å². The highest BCUT2D eigenvalue weighted by Gasteiger charge is 2.23. The number of aryl methyl sites for hydroxylation is 2. The third-order valence-electron chi connectivity index (χ3n) is 4.66. The second-order valence-electron chi connectivity index (χ2n) is 6.94. The lowest BCUT2D eigenvalue weighted by Crippen LogP contribution is -2.14. The average Bonchev–Trinajstić information content (AvgIpc) is 3.32. The summed E-state index contributed by atoms with van der Waals surface area (Å²) < 4.78 is 16.1. The highest BCUT2D eigenvalue weighted by Crippen LogP contribution is 2.33. The van der Waals surface area contributed by atoms with Crippen LogP contribution in [-0.4, -0.2) is 23.4 Å². The number of benzene rings is 1. The number of nitro benzene ring substituents is 1. The zero-order chi connectivity index (χ0) is 23.4. The van der Waals surface area contributed by atoms with Crippen LogP contribution in [0.4, 0.5) is 10.7 Å². The van der Waals surface area contributed by atoms with Crippen molar-refractivity contribution in [3.8, 4) is 5.75 Å². The first-order valence-corrected chi connectivity index (χ1v) is 10.6.